The van der Waals surface area contributed by atoms with E-state index >= 15 is 0 Å². The monoisotopic (exact) mass is 486 g/mol. The third-order valence-corrected chi connectivity index (χ3v) is 7.38. The van der Waals surface area contributed by atoms with Crippen LogP contribution in [0.5, 0.6) is 5.75 Å². The molecule has 180 valence electrons. The second-order valence-electron chi connectivity index (χ2n) is 8.75. The van der Waals surface area contributed by atoms with Gasteiger partial charge in [-0.2, -0.15) is 0 Å². The van der Waals surface area contributed by atoms with Gasteiger partial charge in [0.1, 0.15) is 11.3 Å². The van der Waals surface area contributed by atoms with Crippen molar-refractivity contribution in [2.45, 2.75) is 19.4 Å². The molecule has 3 aromatic carbocycles. The van der Waals surface area contributed by atoms with Gasteiger partial charge in [0.05, 0.1) is 11.8 Å². The summed E-state index contributed by atoms with van der Waals surface area (Å²) in [5, 5.41) is 7.03. The highest BCUT2D eigenvalue weighted by Gasteiger charge is 2.16. The lowest BCUT2D eigenvalue weighted by atomic mass is 10.1. The van der Waals surface area contributed by atoms with Gasteiger partial charge >= 0.3 is 0 Å². The molecule has 4 aromatic rings. The molecule has 0 saturated carbocycles. The van der Waals surface area contributed by atoms with Crippen LogP contribution in [-0.2, 0) is 6.54 Å². The van der Waals surface area contributed by atoms with Crippen molar-refractivity contribution < 1.29 is 9.53 Å². The first-order valence-electron chi connectivity index (χ1n) is 12.1. The van der Waals surface area contributed by atoms with Crippen molar-refractivity contribution in [2.24, 2.45) is 0 Å². The second kappa shape index (κ2) is 11.0. The van der Waals surface area contributed by atoms with Crippen LogP contribution in [0, 0.1) is 0 Å². The summed E-state index contributed by atoms with van der Waals surface area (Å²) in [6.07, 6.45) is 2.64. The Morgan fingerprint density at radius 3 is 2.54 bits per heavy atom. The van der Waals surface area contributed by atoms with Crippen LogP contribution in [0.4, 0.5) is 5.13 Å². The van der Waals surface area contributed by atoms with Gasteiger partial charge in [0, 0.05) is 30.8 Å². The first kappa shape index (κ1) is 23.5. The summed E-state index contributed by atoms with van der Waals surface area (Å²) >= 11 is 1.46. The lowest BCUT2D eigenvalue weighted by molar-refractivity contribution is 0.102. The van der Waals surface area contributed by atoms with Gasteiger partial charge in [0.2, 0.25) is 0 Å². The Kier molecular flexibility index (Phi) is 7.37. The third-order valence-electron chi connectivity index (χ3n) is 6.38. The number of likely N-dealkylation sites (tertiary alicyclic amines) is 1. The first-order chi connectivity index (χ1) is 17.2. The minimum absolute atomic E-state index is 0.169. The van der Waals surface area contributed by atoms with Crippen LogP contribution in [0.1, 0.15) is 28.8 Å². The van der Waals surface area contributed by atoms with Crippen molar-refractivity contribution in [1.29, 1.82) is 0 Å². The summed E-state index contributed by atoms with van der Waals surface area (Å²) in [6.45, 7) is 5.32. The van der Waals surface area contributed by atoms with E-state index in [1.807, 2.05) is 54.6 Å². The molecule has 1 saturated heterocycles. The molecule has 7 heteroatoms. The molecule has 1 aliphatic heterocycles. The van der Waals surface area contributed by atoms with E-state index in [1.54, 1.807) is 7.11 Å². The molecular formula is C28H30N4O2S. The predicted molar refractivity (Wildman–Crippen MR) is 143 cm³/mol. The van der Waals surface area contributed by atoms with Gasteiger partial charge in [-0.25, -0.2) is 4.98 Å². The Morgan fingerprint density at radius 1 is 1.03 bits per heavy atom. The van der Waals surface area contributed by atoms with Crippen LogP contribution in [0.15, 0.2) is 66.7 Å². The highest BCUT2D eigenvalue weighted by atomic mass is 32.1. The Morgan fingerprint density at radius 2 is 1.80 bits per heavy atom. The molecule has 2 N–H and O–H groups in total. The molecule has 1 aliphatic rings. The smallest absolute Gasteiger partial charge is 0.257 e. The SMILES string of the molecule is COc1ccc(-c2ccccc2)c2sc(NC(=O)c3ccc(CNCCN4CCCC4)cc3)nc12. The summed E-state index contributed by atoms with van der Waals surface area (Å²) in [5.41, 5.74) is 4.71. The van der Waals surface area contributed by atoms with Crippen molar-refractivity contribution in [2.75, 3.05) is 38.6 Å². The van der Waals surface area contributed by atoms with Crippen LogP contribution in [0.25, 0.3) is 21.3 Å². The first-order valence-corrected chi connectivity index (χ1v) is 12.9. The van der Waals surface area contributed by atoms with E-state index in [4.69, 9.17) is 4.74 Å². The molecule has 1 aromatic heterocycles. The van der Waals surface area contributed by atoms with Gasteiger partial charge in [-0.3, -0.25) is 10.1 Å². The molecule has 0 atom stereocenters. The number of hydrogen-bond acceptors (Lipinski definition) is 6. The second-order valence-corrected chi connectivity index (χ2v) is 9.75. The number of methoxy groups -OCH3 is 1. The summed E-state index contributed by atoms with van der Waals surface area (Å²) in [7, 11) is 1.64. The minimum atomic E-state index is -0.169. The van der Waals surface area contributed by atoms with E-state index in [9.17, 15) is 4.79 Å². The highest BCUT2D eigenvalue weighted by Crippen LogP contribution is 2.39. The molecular weight excluding hydrogens is 456 g/mol. The fourth-order valence-electron chi connectivity index (χ4n) is 4.47. The molecule has 1 fully saturated rings. The van der Waals surface area contributed by atoms with Crippen LogP contribution in [0.3, 0.4) is 0 Å². The number of carbonyl (C=O) groups is 1. The Balaban J connectivity index is 1.25. The number of rotatable bonds is 9. The molecule has 0 unspecified atom stereocenters. The highest BCUT2D eigenvalue weighted by molar-refractivity contribution is 7.23. The van der Waals surface area contributed by atoms with Crippen molar-refractivity contribution in [3.8, 4) is 16.9 Å². The number of fused-ring (bicyclic) bond motifs is 1. The summed E-state index contributed by atoms with van der Waals surface area (Å²) in [6, 6.07) is 21.9. The van der Waals surface area contributed by atoms with Crippen molar-refractivity contribution in [1.82, 2.24) is 15.2 Å². The number of aromatic nitrogens is 1. The van der Waals surface area contributed by atoms with E-state index < -0.39 is 0 Å². The zero-order valence-corrected chi connectivity index (χ0v) is 20.7. The Bertz CT molecular complexity index is 1280. The van der Waals surface area contributed by atoms with E-state index in [2.05, 4.69) is 32.7 Å². The normalized spacial score (nSPS) is 13.9. The fourth-order valence-corrected chi connectivity index (χ4v) is 5.48. The van der Waals surface area contributed by atoms with Crippen molar-refractivity contribution in [3.05, 3.63) is 77.9 Å². The van der Waals surface area contributed by atoms with Gasteiger partial charge in [-0.05, 0) is 61.3 Å². The number of hydrogen-bond donors (Lipinski definition) is 2. The van der Waals surface area contributed by atoms with E-state index in [0.717, 1.165) is 41.0 Å². The molecule has 0 bridgehead atoms. The van der Waals surface area contributed by atoms with Crippen molar-refractivity contribution in [3.63, 3.8) is 0 Å². The van der Waals surface area contributed by atoms with Crippen LogP contribution in [-0.4, -0.2) is 49.1 Å². The molecule has 35 heavy (non-hydrogen) atoms. The molecule has 0 radical (unpaired) electrons. The van der Waals surface area contributed by atoms with Gasteiger partial charge in [0.15, 0.2) is 5.13 Å². The zero-order valence-electron chi connectivity index (χ0n) is 19.9. The third kappa shape index (κ3) is 5.53. The Labute approximate surface area is 210 Å². The topological polar surface area (TPSA) is 66.5 Å². The standard InChI is InChI=1S/C28H30N4O2S/c1-34-24-14-13-23(21-7-3-2-4-8-21)26-25(24)30-28(35-26)31-27(33)22-11-9-20(10-12-22)19-29-15-18-32-16-5-6-17-32/h2-4,7-14,29H,5-6,15-19H2,1H3,(H,30,31,33). The maximum atomic E-state index is 12.9. The Hall–Kier alpha value is -3.26. The molecule has 0 aliphatic carbocycles. The summed E-state index contributed by atoms with van der Waals surface area (Å²) < 4.78 is 6.51. The lowest BCUT2D eigenvalue weighted by Gasteiger charge is -2.14. The van der Waals surface area contributed by atoms with Gasteiger partial charge in [-0.15, -0.1) is 0 Å². The number of nitrogens with zero attached hydrogens (tertiary/aromatic N) is 2. The fraction of sp³-hybridized carbons (Fsp3) is 0.286. The van der Waals surface area contributed by atoms with E-state index in [1.165, 1.54) is 42.8 Å². The lowest BCUT2D eigenvalue weighted by Crippen LogP contribution is -2.29. The number of benzene rings is 3. The summed E-state index contributed by atoms with van der Waals surface area (Å²) in [4.78, 5) is 20.1. The average molecular weight is 487 g/mol. The quantitative estimate of drug-likeness (QED) is 0.310. The molecule has 1 amide bonds. The molecule has 6 nitrogen and oxygen atoms in total. The number of nitrogens with one attached hydrogen (secondary N) is 2. The maximum absolute atomic E-state index is 12.9. The van der Waals surface area contributed by atoms with E-state index in [-0.39, 0.29) is 5.91 Å². The average Bonchev–Trinajstić information content (AvgIpc) is 3.57. The maximum Gasteiger partial charge on any atom is 0.257 e. The number of ether oxygens (including phenoxy) is 1. The number of thiazole rings is 1. The minimum Gasteiger partial charge on any atom is -0.494 e. The van der Waals surface area contributed by atoms with Crippen molar-refractivity contribution >= 4 is 32.6 Å². The van der Waals surface area contributed by atoms with Crippen LogP contribution in [0.2, 0.25) is 0 Å². The molecule has 2 heterocycles. The van der Waals surface area contributed by atoms with Crippen LogP contribution >= 0.6 is 11.3 Å². The van der Waals surface area contributed by atoms with Gasteiger partial charge in [0.25, 0.3) is 5.91 Å². The summed E-state index contributed by atoms with van der Waals surface area (Å²) in [5.74, 6) is 0.524. The van der Waals surface area contributed by atoms with Gasteiger partial charge in [-0.1, -0.05) is 53.8 Å². The number of carbonyl (C=O) groups excluding carboxylic acids is 1. The molecule has 5 rings (SSSR count). The predicted octanol–water partition coefficient (Wildman–Crippen LogP) is 5.41. The largest absolute Gasteiger partial charge is 0.494 e. The molecule has 0 spiro atoms. The zero-order chi connectivity index (χ0) is 24.0. The van der Waals surface area contributed by atoms with Crippen LogP contribution < -0.4 is 15.4 Å². The van der Waals surface area contributed by atoms with E-state index in [0.29, 0.717) is 16.4 Å². The van der Waals surface area contributed by atoms with Gasteiger partial charge < -0.3 is 15.0 Å². The number of anilines is 1. The number of amides is 1.